The molecule has 0 saturated carbocycles. The minimum atomic E-state index is 0.106. The molecule has 0 spiro atoms. The molecule has 4 nitrogen and oxygen atoms in total. The predicted octanol–water partition coefficient (Wildman–Crippen LogP) is 0.767. The molecule has 13 heavy (non-hydrogen) atoms. The van der Waals surface area contributed by atoms with Crippen molar-refractivity contribution in [3.05, 3.63) is 22.4 Å². The lowest BCUT2D eigenvalue weighted by Gasteiger charge is -1.98. The minimum absolute atomic E-state index is 0.106. The highest BCUT2D eigenvalue weighted by atomic mass is 32.1. The fraction of sp³-hybridized carbons (Fsp3) is 0.375. The maximum atomic E-state index is 8.46. The summed E-state index contributed by atoms with van der Waals surface area (Å²) >= 11 is 1.51. The maximum absolute atomic E-state index is 8.46. The topological polar surface area (TPSA) is 67.8 Å². The van der Waals surface area contributed by atoms with Crippen LogP contribution in [0, 0.1) is 0 Å². The van der Waals surface area contributed by atoms with Crippen molar-refractivity contribution in [2.75, 3.05) is 13.2 Å². The summed E-state index contributed by atoms with van der Waals surface area (Å²) in [4.78, 5) is 5.76. The number of amidine groups is 1. The van der Waals surface area contributed by atoms with Gasteiger partial charge in [0.2, 0.25) is 0 Å². The molecule has 0 aliphatic carbocycles. The molecule has 0 radical (unpaired) electrons. The number of oxime groups is 1. The van der Waals surface area contributed by atoms with Crippen LogP contribution in [0.15, 0.2) is 22.7 Å². The van der Waals surface area contributed by atoms with Crippen LogP contribution in [0.2, 0.25) is 0 Å². The second-order valence-electron chi connectivity index (χ2n) is 2.36. The Morgan fingerprint density at radius 3 is 3.15 bits per heavy atom. The van der Waals surface area contributed by atoms with Gasteiger partial charge in [-0.05, 0) is 11.4 Å². The van der Waals surface area contributed by atoms with Crippen molar-refractivity contribution in [2.24, 2.45) is 10.9 Å². The van der Waals surface area contributed by atoms with E-state index in [-0.39, 0.29) is 6.61 Å². The number of nitrogens with two attached hydrogens (primary N) is 1. The largest absolute Gasteiger partial charge is 0.396 e. The van der Waals surface area contributed by atoms with Gasteiger partial charge in [0.1, 0.15) is 6.61 Å². The van der Waals surface area contributed by atoms with Crippen molar-refractivity contribution < 1.29 is 9.94 Å². The minimum Gasteiger partial charge on any atom is -0.396 e. The zero-order valence-corrected chi connectivity index (χ0v) is 7.96. The van der Waals surface area contributed by atoms with Crippen molar-refractivity contribution in [2.45, 2.75) is 6.42 Å². The van der Waals surface area contributed by atoms with E-state index in [0.717, 1.165) is 4.88 Å². The number of hydrogen-bond donors (Lipinski definition) is 2. The van der Waals surface area contributed by atoms with E-state index in [9.17, 15) is 0 Å². The van der Waals surface area contributed by atoms with Gasteiger partial charge in [-0.25, -0.2) is 0 Å². The molecule has 1 aromatic heterocycles. The molecule has 0 saturated heterocycles. The fourth-order valence-corrected chi connectivity index (χ4v) is 1.33. The van der Waals surface area contributed by atoms with Crippen LogP contribution in [-0.2, 0) is 4.84 Å². The number of hydrogen-bond acceptors (Lipinski definition) is 4. The first-order valence-corrected chi connectivity index (χ1v) is 4.82. The van der Waals surface area contributed by atoms with Gasteiger partial charge in [0.05, 0.1) is 4.88 Å². The lowest BCUT2D eigenvalue weighted by Crippen LogP contribution is -2.12. The summed E-state index contributed by atoms with van der Waals surface area (Å²) in [6.07, 6.45) is 0.571. The first kappa shape index (κ1) is 10.0. The molecular weight excluding hydrogens is 188 g/mol. The van der Waals surface area contributed by atoms with E-state index in [2.05, 4.69) is 5.16 Å². The van der Waals surface area contributed by atoms with E-state index in [1.807, 2.05) is 17.5 Å². The first-order chi connectivity index (χ1) is 6.34. The van der Waals surface area contributed by atoms with Gasteiger partial charge in [-0.2, -0.15) is 0 Å². The zero-order valence-electron chi connectivity index (χ0n) is 7.14. The van der Waals surface area contributed by atoms with E-state index in [4.69, 9.17) is 15.7 Å². The van der Waals surface area contributed by atoms with Crippen LogP contribution in [0.25, 0.3) is 0 Å². The van der Waals surface area contributed by atoms with Gasteiger partial charge in [0.15, 0.2) is 5.84 Å². The third-order valence-corrected chi connectivity index (χ3v) is 2.22. The second-order valence-corrected chi connectivity index (χ2v) is 3.31. The average Bonchev–Trinajstić information content (AvgIpc) is 2.65. The molecule has 0 aliphatic rings. The summed E-state index contributed by atoms with van der Waals surface area (Å²) in [7, 11) is 0. The number of aliphatic hydroxyl groups excluding tert-OH is 1. The van der Waals surface area contributed by atoms with Crippen molar-refractivity contribution in [3.8, 4) is 0 Å². The Morgan fingerprint density at radius 2 is 2.54 bits per heavy atom. The van der Waals surface area contributed by atoms with E-state index in [0.29, 0.717) is 18.9 Å². The Hall–Kier alpha value is -1.07. The Morgan fingerprint density at radius 1 is 1.69 bits per heavy atom. The molecule has 0 aliphatic heterocycles. The van der Waals surface area contributed by atoms with E-state index >= 15 is 0 Å². The Kier molecular flexibility index (Phi) is 4.28. The van der Waals surface area contributed by atoms with Gasteiger partial charge in [-0.15, -0.1) is 11.3 Å². The lowest BCUT2D eigenvalue weighted by molar-refractivity contribution is 0.124. The first-order valence-electron chi connectivity index (χ1n) is 3.94. The highest BCUT2D eigenvalue weighted by molar-refractivity contribution is 7.12. The van der Waals surface area contributed by atoms with Crippen molar-refractivity contribution in [1.29, 1.82) is 0 Å². The van der Waals surface area contributed by atoms with E-state index in [1.54, 1.807) is 0 Å². The standard InChI is InChI=1S/C8H12N2O2S/c9-8(7-3-1-6-13-7)10-12-5-2-4-11/h1,3,6,11H,2,4-5H2,(H2,9,10). The van der Waals surface area contributed by atoms with Gasteiger partial charge in [-0.3, -0.25) is 0 Å². The SMILES string of the molecule is N/C(=N/OCCCO)c1cccs1. The quantitative estimate of drug-likeness (QED) is 0.319. The van der Waals surface area contributed by atoms with E-state index in [1.165, 1.54) is 11.3 Å². The zero-order chi connectivity index (χ0) is 9.52. The Balaban J connectivity index is 2.35. The van der Waals surface area contributed by atoms with Crippen LogP contribution in [0.5, 0.6) is 0 Å². The summed E-state index contributed by atoms with van der Waals surface area (Å²) in [6, 6.07) is 3.77. The molecular formula is C8H12N2O2S. The molecule has 0 unspecified atom stereocenters. The van der Waals surface area contributed by atoms with Gasteiger partial charge >= 0.3 is 0 Å². The Bertz CT molecular complexity index is 259. The van der Waals surface area contributed by atoms with Crippen LogP contribution in [0.1, 0.15) is 11.3 Å². The van der Waals surface area contributed by atoms with Gasteiger partial charge < -0.3 is 15.7 Å². The molecule has 1 heterocycles. The monoisotopic (exact) mass is 200 g/mol. The molecule has 0 atom stereocenters. The van der Waals surface area contributed by atoms with Crippen LogP contribution < -0.4 is 5.73 Å². The van der Waals surface area contributed by atoms with Gasteiger partial charge in [-0.1, -0.05) is 11.2 Å². The molecule has 0 amide bonds. The molecule has 1 aromatic rings. The van der Waals surface area contributed by atoms with Crippen LogP contribution in [-0.4, -0.2) is 24.2 Å². The number of nitrogens with zero attached hydrogens (tertiary/aromatic N) is 1. The second kappa shape index (κ2) is 5.55. The maximum Gasteiger partial charge on any atom is 0.180 e. The summed E-state index contributed by atoms with van der Waals surface area (Å²) in [5.74, 6) is 0.382. The molecule has 0 aromatic carbocycles. The normalized spacial score (nSPS) is 11.6. The van der Waals surface area contributed by atoms with Crippen molar-refractivity contribution in [3.63, 3.8) is 0 Å². The molecule has 5 heteroatoms. The van der Waals surface area contributed by atoms with Crippen LogP contribution >= 0.6 is 11.3 Å². The van der Waals surface area contributed by atoms with Gasteiger partial charge in [0, 0.05) is 13.0 Å². The summed E-state index contributed by atoms with van der Waals surface area (Å²) < 4.78 is 0. The summed E-state index contributed by atoms with van der Waals surface area (Å²) in [5, 5.41) is 14.1. The number of aliphatic hydroxyl groups is 1. The molecule has 1 rings (SSSR count). The average molecular weight is 200 g/mol. The molecule has 0 fully saturated rings. The molecule has 72 valence electrons. The third-order valence-electron chi connectivity index (χ3n) is 1.33. The van der Waals surface area contributed by atoms with Crippen LogP contribution in [0.4, 0.5) is 0 Å². The van der Waals surface area contributed by atoms with Crippen molar-refractivity contribution in [1.82, 2.24) is 0 Å². The van der Waals surface area contributed by atoms with Crippen LogP contribution in [0.3, 0.4) is 0 Å². The predicted molar refractivity (Wildman–Crippen MR) is 52.7 cm³/mol. The van der Waals surface area contributed by atoms with Gasteiger partial charge in [0.25, 0.3) is 0 Å². The van der Waals surface area contributed by atoms with E-state index < -0.39 is 0 Å². The summed E-state index contributed by atoms with van der Waals surface area (Å²) in [6.45, 7) is 0.497. The Labute approximate surface area is 80.6 Å². The highest BCUT2D eigenvalue weighted by Gasteiger charge is 1.98. The lowest BCUT2D eigenvalue weighted by atomic mass is 10.4. The fourth-order valence-electron chi connectivity index (χ4n) is 0.714. The molecule has 0 bridgehead atoms. The summed E-state index contributed by atoms with van der Waals surface area (Å²) in [5.41, 5.74) is 5.59. The molecule has 3 N–H and O–H groups in total. The third kappa shape index (κ3) is 3.43. The number of thiophene rings is 1. The number of rotatable bonds is 5. The highest BCUT2D eigenvalue weighted by Crippen LogP contribution is 2.07. The van der Waals surface area contributed by atoms with Crippen molar-refractivity contribution >= 4 is 17.2 Å². The smallest absolute Gasteiger partial charge is 0.180 e.